The summed E-state index contributed by atoms with van der Waals surface area (Å²) in [6.45, 7) is 11.5. The maximum absolute atomic E-state index is 3.79. The van der Waals surface area contributed by atoms with Gasteiger partial charge < -0.3 is 5.32 Å². The fraction of sp³-hybridized carbons (Fsp3) is 0.579. The maximum atomic E-state index is 3.79. The molecule has 1 nitrogen and oxygen atoms in total. The molecule has 1 rings (SSSR count). The lowest BCUT2D eigenvalue weighted by atomic mass is 9.96. The Balaban J connectivity index is 2.69. The summed E-state index contributed by atoms with van der Waals surface area (Å²) in [5.41, 5.74) is 4.10. The van der Waals surface area contributed by atoms with E-state index in [4.69, 9.17) is 0 Å². The molecule has 0 bridgehead atoms. The Bertz CT molecular complexity index is 416. The molecule has 0 spiro atoms. The summed E-state index contributed by atoms with van der Waals surface area (Å²) in [7, 11) is 0. The van der Waals surface area contributed by atoms with E-state index in [2.05, 4.69) is 60.7 Å². The van der Waals surface area contributed by atoms with Crippen molar-refractivity contribution in [3.63, 3.8) is 0 Å². The predicted molar refractivity (Wildman–Crippen MR) is 97.9 cm³/mol. The van der Waals surface area contributed by atoms with E-state index in [1.54, 1.807) is 0 Å². The number of nitrogens with one attached hydrogen (secondary N) is 1. The summed E-state index contributed by atoms with van der Waals surface area (Å²) < 4.78 is 1.24. The topological polar surface area (TPSA) is 12.0 Å². The Hall–Kier alpha value is -0.600. The van der Waals surface area contributed by atoms with Crippen LogP contribution in [0.5, 0.6) is 0 Å². The highest BCUT2D eigenvalue weighted by Crippen LogP contribution is 2.28. The molecule has 118 valence electrons. The van der Waals surface area contributed by atoms with Crippen molar-refractivity contribution in [3.05, 3.63) is 46.0 Å². The first kappa shape index (κ1) is 18.4. The Labute approximate surface area is 139 Å². The first-order valence-electron chi connectivity index (χ1n) is 8.21. The number of rotatable bonds is 10. The van der Waals surface area contributed by atoms with Crippen LogP contribution in [0.2, 0.25) is 0 Å². The Morgan fingerprint density at radius 1 is 1.19 bits per heavy atom. The monoisotopic (exact) mass is 351 g/mol. The lowest BCUT2D eigenvalue weighted by Crippen LogP contribution is -2.22. The highest BCUT2D eigenvalue weighted by Gasteiger charge is 2.12. The molecule has 0 saturated carbocycles. The molecule has 0 aliphatic rings. The van der Waals surface area contributed by atoms with Crippen molar-refractivity contribution in [1.29, 1.82) is 0 Å². The highest BCUT2D eigenvalue weighted by molar-refractivity contribution is 9.10. The van der Waals surface area contributed by atoms with Crippen LogP contribution >= 0.6 is 15.9 Å². The number of hydrogen-bond acceptors (Lipinski definition) is 1. The molecule has 1 N–H and O–H groups in total. The second-order valence-corrected chi connectivity index (χ2v) is 6.70. The molecule has 1 atom stereocenters. The van der Waals surface area contributed by atoms with Gasteiger partial charge in [-0.3, -0.25) is 0 Å². The van der Waals surface area contributed by atoms with Crippen LogP contribution in [-0.4, -0.2) is 6.54 Å². The standard InChI is InChI=1S/C19H30BrN/c1-5-7-8-9-10-11-18(21-12-6-2)17-13-15(3)19(20)16(4)14-17/h5,13-14,18,21H,1,6-12H2,2-4H3. The zero-order chi connectivity index (χ0) is 15.7. The second-order valence-electron chi connectivity index (χ2n) is 5.90. The second kappa shape index (κ2) is 10.2. The number of aryl methyl sites for hydroxylation is 2. The first-order chi connectivity index (χ1) is 10.1. The number of unbranched alkanes of at least 4 members (excludes halogenated alkanes) is 3. The minimum atomic E-state index is 0.485. The van der Waals surface area contributed by atoms with Crippen molar-refractivity contribution >= 4 is 15.9 Å². The van der Waals surface area contributed by atoms with Gasteiger partial charge in [-0.25, -0.2) is 0 Å². The third kappa shape index (κ3) is 6.36. The molecule has 0 heterocycles. The van der Waals surface area contributed by atoms with E-state index >= 15 is 0 Å². The highest BCUT2D eigenvalue weighted by atomic mass is 79.9. The average Bonchev–Trinajstić information content (AvgIpc) is 2.47. The van der Waals surface area contributed by atoms with E-state index in [1.165, 1.54) is 53.3 Å². The molecule has 0 aliphatic heterocycles. The zero-order valence-corrected chi connectivity index (χ0v) is 15.4. The van der Waals surface area contributed by atoms with Gasteiger partial charge in [0.15, 0.2) is 0 Å². The summed E-state index contributed by atoms with van der Waals surface area (Å²) in [6, 6.07) is 5.14. The van der Waals surface area contributed by atoms with Crippen molar-refractivity contribution < 1.29 is 0 Å². The molecule has 0 aliphatic carbocycles. The van der Waals surface area contributed by atoms with Crippen LogP contribution in [0.3, 0.4) is 0 Å². The third-order valence-electron chi connectivity index (χ3n) is 3.90. The largest absolute Gasteiger partial charge is 0.310 e. The van der Waals surface area contributed by atoms with Crippen LogP contribution in [-0.2, 0) is 0 Å². The summed E-state index contributed by atoms with van der Waals surface area (Å²) in [4.78, 5) is 0. The molecule has 21 heavy (non-hydrogen) atoms. The fourth-order valence-corrected chi connectivity index (χ4v) is 2.93. The number of benzene rings is 1. The SMILES string of the molecule is C=CCCCCCC(NCCC)c1cc(C)c(Br)c(C)c1. The smallest absolute Gasteiger partial charge is 0.0320 e. The van der Waals surface area contributed by atoms with Crippen molar-refractivity contribution in [1.82, 2.24) is 5.32 Å². The van der Waals surface area contributed by atoms with E-state index in [-0.39, 0.29) is 0 Å². The van der Waals surface area contributed by atoms with Crippen LogP contribution in [0.25, 0.3) is 0 Å². The Kier molecular flexibility index (Phi) is 8.94. The van der Waals surface area contributed by atoms with Crippen LogP contribution in [0, 0.1) is 13.8 Å². The van der Waals surface area contributed by atoms with Gasteiger partial charge in [-0.15, -0.1) is 6.58 Å². The summed E-state index contributed by atoms with van der Waals surface area (Å²) in [5, 5.41) is 3.72. The number of allylic oxidation sites excluding steroid dienone is 1. The van der Waals surface area contributed by atoms with Gasteiger partial charge >= 0.3 is 0 Å². The Morgan fingerprint density at radius 3 is 2.43 bits per heavy atom. The molecule has 0 aromatic heterocycles. The summed E-state index contributed by atoms with van der Waals surface area (Å²) in [6.07, 6.45) is 9.41. The fourth-order valence-electron chi connectivity index (χ4n) is 2.70. The van der Waals surface area contributed by atoms with Crippen molar-refractivity contribution in [2.24, 2.45) is 0 Å². The predicted octanol–water partition coefficient (Wildman–Crippen LogP) is 6.24. The van der Waals surface area contributed by atoms with Gasteiger partial charge in [-0.05, 0) is 62.8 Å². The quantitative estimate of drug-likeness (QED) is 0.388. The van der Waals surface area contributed by atoms with Gasteiger partial charge in [-0.2, -0.15) is 0 Å². The van der Waals surface area contributed by atoms with Crippen LogP contribution in [0.1, 0.15) is 68.2 Å². The minimum absolute atomic E-state index is 0.485. The molecule has 2 heteroatoms. The van der Waals surface area contributed by atoms with Crippen molar-refractivity contribution in [2.75, 3.05) is 6.54 Å². The van der Waals surface area contributed by atoms with Crippen LogP contribution in [0.4, 0.5) is 0 Å². The van der Waals surface area contributed by atoms with Gasteiger partial charge in [0, 0.05) is 10.5 Å². The molecular formula is C19H30BrN. The zero-order valence-electron chi connectivity index (χ0n) is 13.8. The number of hydrogen-bond donors (Lipinski definition) is 1. The molecule has 0 radical (unpaired) electrons. The lowest BCUT2D eigenvalue weighted by Gasteiger charge is -2.21. The van der Waals surface area contributed by atoms with E-state index in [0.717, 1.165) is 13.0 Å². The van der Waals surface area contributed by atoms with Gasteiger partial charge in [0.2, 0.25) is 0 Å². The first-order valence-corrected chi connectivity index (χ1v) is 9.00. The van der Waals surface area contributed by atoms with E-state index < -0.39 is 0 Å². The maximum Gasteiger partial charge on any atom is 0.0320 e. The average molecular weight is 352 g/mol. The normalized spacial score (nSPS) is 12.4. The van der Waals surface area contributed by atoms with Crippen molar-refractivity contribution in [3.8, 4) is 0 Å². The molecule has 1 unspecified atom stereocenters. The van der Waals surface area contributed by atoms with Gasteiger partial charge in [0.05, 0.1) is 0 Å². The number of halogens is 1. The van der Waals surface area contributed by atoms with Crippen molar-refractivity contribution in [2.45, 2.75) is 65.3 Å². The van der Waals surface area contributed by atoms with Gasteiger partial charge in [0.1, 0.15) is 0 Å². The molecule has 0 fully saturated rings. The molecule has 1 aromatic carbocycles. The van der Waals surface area contributed by atoms with E-state index in [9.17, 15) is 0 Å². The lowest BCUT2D eigenvalue weighted by molar-refractivity contribution is 0.471. The molecule has 1 aromatic rings. The summed E-state index contributed by atoms with van der Waals surface area (Å²) >= 11 is 3.67. The molecular weight excluding hydrogens is 322 g/mol. The summed E-state index contributed by atoms with van der Waals surface area (Å²) in [5.74, 6) is 0. The van der Waals surface area contributed by atoms with Crippen LogP contribution < -0.4 is 5.32 Å². The third-order valence-corrected chi connectivity index (χ3v) is 5.15. The van der Waals surface area contributed by atoms with E-state index in [1.807, 2.05) is 6.08 Å². The molecule has 0 amide bonds. The molecule has 0 saturated heterocycles. The van der Waals surface area contributed by atoms with Gasteiger partial charge in [0.25, 0.3) is 0 Å². The van der Waals surface area contributed by atoms with Gasteiger partial charge in [-0.1, -0.05) is 53.9 Å². The van der Waals surface area contributed by atoms with E-state index in [0.29, 0.717) is 6.04 Å². The Morgan fingerprint density at radius 2 is 1.86 bits per heavy atom. The van der Waals surface area contributed by atoms with Crippen LogP contribution in [0.15, 0.2) is 29.3 Å². The minimum Gasteiger partial charge on any atom is -0.310 e.